The third-order valence-corrected chi connectivity index (χ3v) is 5.12. The van der Waals surface area contributed by atoms with Gasteiger partial charge >= 0.3 is 0 Å². The maximum absolute atomic E-state index is 12.3. The lowest BCUT2D eigenvalue weighted by Crippen LogP contribution is -2.45. The zero-order valence-electron chi connectivity index (χ0n) is 13.2. The molecule has 0 aromatic rings. The summed E-state index contributed by atoms with van der Waals surface area (Å²) in [6.45, 7) is 5.93. The Labute approximate surface area is 135 Å². The predicted molar refractivity (Wildman–Crippen MR) is 88.3 cm³/mol. The largest absolute Gasteiger partial charge is 0.341 e. The number of sulfone groups is 1. The maximum atomic E-state index is 12.3. The summed E-state index contributed by atoms with van der Waals surface area (Å²) < 4.78 is 22.3. The molecular weight excluding hydrogens is 312 g/mol. The standard InChI is InChI=1S/C14H28N2O3S.ClH/c1-11(2)12-5-4-8-16(9-6-12)14(17)13(15)7-10-20(3,18)19;/h11-13H,4-10,15H2,1-3H3;1H. The van der Waals surface area contributed by atoms with Crippen molar-refractivity contribution in [3.8, 4) is 0 Å². The van der Waals surface area contributed by atoms with Gasteiger partial charge in [-0.1, -0.05) is 13.8 Å². The van der Waals surface area contributed by atoms with E-state index in [0.29, 0.717) is 11.8 Å². The molecule has 1 fully saturated rings. The van der Waals surface area contributed by atoms with Gasteiger partial charge in [-0.3, -0.25) is 4.79 Å². The monoisotopic (exact) mass is 340 g/mol. The molecule has 1 saturated heterocycles. The zero-order chi connectivity index (χ0) is 15.3. The molecular formula is C14H29ClN2O3S. The lowest BCUT2D eigenvalue weighted by atomic mass is 9.89. The summed E-state index contributed by atoms with van der Waals surface area (Å²) in [6.07, 6.45) is 4.56. The van der Waals surface area contributed by atoms with Crippen molar-refractivity contribution in [2.24, 2.45) is 17.6 Å². The van der Waals surface area contributed by atoms with Gasteiger partial charge in [0, 0.05) is 19.3 Å². The van der Waals surface area contributed by atoms with Crippen LogP contribution in [0.15, 0.2) is 0 Å². The van der Waals surface area contributed by atoms with Crippen molar-refractivity contribution >= 4 is 28.2 Å². The van der Waals surface area contributed by atoms with E-state index in [-0.39, 0.29) is 30.5 Å². The van der Waals surface area contributed by atoms with E-state index in [9.17, 15) is 13.2 Å². The first-order chi connectivity index (χ1) is 9.20. The van der Waals surface area contributed by atoms with Crippen molar-refractivity contribution in [3.05, 3.63) is 0 Å². The molecule has 126 valence electrons. The zero-order valence-corrected chi connectivity index (χ0v) is 14.9. The number of rotatable bonds is 5. The van der Waals surface area contributed by atoms with Crippen LogP contribution < -0.4 is 5.73 Å². The molecule has 1 heterocycles. The lowest BCUT2D eigenvalue weighted by molar-refractivity contribution is -0.132. The fourth-order valence-corrected chi connectivity index (χ4v) is 3.39. The van der Waals surface area contributed by atoms with Crippen LogP contribution in [0.5, 0.6) is 0 Å². The Kier molecular flexibility index (Phi) is 8.81. The van der Waals surface area contributed by atoms with E-state index >= 15 is 0 Å². The summed E-state index contributed by atoms with van der Waals surface area (Å²) >= 11 is 0. The Hall–Kier alpha value is -0.330. The number of carbonyl (C=O) groups is 1. The molecule has 0 aromatic carbocycles. The molecule has 0 aliphatic carbocycles. The average molecular weight is 341 g/mol. The molecule has 1 rings (SSSR count). The third kappa shape index (κ3) is 7.47. The van der Waals surface area contributed by atoms with E-state index in [1.165, 1.54) is 6.26 Å². The normalized spacial score (nSPS) is 21.6. The van der Waals surface area contributed by atoms with Crippen LogP contribution in [0.25, 0.3) is 0 Å². The Bertz CT molecular complexity index is 426. The molecule has 5 nitrogen and oxygen atoms in total. The van der Waals surface area contributed by atoms with Crippen molar-refractivity contribution in [1.82, 2.24) is 4.90 Å². The topological polar surface area (TPSA) is 80.5 Å². The van der Waals surface area contributed by atoms with Crippen LogP contribution in [0, 0.1) is 11.8 Å². The lowest BCUT2D eigenvalue weighted by Gasteiger charge is -2.24. The number of hydrogen-bond donors (Lipinski definition) is 1. The minimum Gasteiger partial charge on any atom is -0.341 e. The van der Waals surface area contributed by atoms with Gasteiger partial charge < -0.3 is 10.6 Å². The fourth-order valence-electron chi connectivity index (χ4n) is 2.71. The number of hydrogen-bond acceptors (Lipinski definition) is 4. The minimum atomic E-state index is -3.06. The highest BCUT2D eigenvalue weighted by atomic mass is 35.5. The number of likely N-dealkylation sites (tertiary alicyclic amines) is 1. The van der Waals surface area contributed by atoms with E-state index in [1.807, 2.05) is 4.90 Å². The van der Waals surface area contributed by atoms with Crippen molar-refractivity contribution in [2.45, 2.75) is 45.6 Å². The maximum Gasteiger partial charge on any atom is 0.239 e. The molecule has 0 spiro atoms. The van der Waals surface area contributed by atoms with Gasteiger partial charge in [0.2, 0.25) is 5.91 Å². The first kappa shape index (κ1) is 20.7. The van der Waals surface area contributed by atoms with E-state index < -0.39 is 15.9 Å². The number of amides is 1. The van der Waals surface area contributed by atoms with Crippen LogP contribution in [-0.4, -0.2) is 50.4 Å². The van der Waals surface area contributed by atoms with Crippen molar-refractivity contribution in [1.29, 1.82) is 0 Å². The average Bonchev–Trinajstić information content (AvgIpc) is 2.59. The molecule has 21 heavy (non-hydrogen) atoms. The van der Waals surface area contributed by atoms with Gasteiger partial charge in [0.1, 0.15) is 9.84 Å². The Morgan fingerprint density at radius 2 is 1.90 bits per heavy atom. The number of nitrogens with two attached hydrogens (primary N) is 1. The number of nitrogens with zero attached hydrogens (tertiary/aromatic N) is 1. The van der Waals surface area contributed by atoms with Crippen LogP contribution in [-0.2, 0) is 14.6 Å². The SMILES string of the molecule is CC(C)C1CCCN(C(=O)C(N)CCS(C)(=O)=O)CC1.Cl. The van der Waals surface area contributed by atoms with Crippen LogP contribution in [0.4, 0.5) is 0 Å². The van der Waals surface area contributed by atoms with Gasteiger partial charge in [-0.05, 0) is 37.5 Å². The third-order valence-electron chi connectivity index (χ3n) is 4.14. The Balaban J connectivity index is 0.00000400. The van der Waals surface area contributed by atoms with Crippen LogP contribution in [0.2, 0.25) is 0 Å². The van der Waals surface area contributed by atoms with Gasteiger partial charge in [-0.15, -0.1) is 12.4 Å². The smallest absolute Gasteiger partial charge is 0.239 e. The molecule has 0 bridgehead atoms. The van der Waals surface area contributed by atoms with Crippen molar-refractivity contribution < 1.29 is 13.2 Å². The molecule has 2 unspecified atom stereocenters. The molecule has 1 aliphatic rings. The molecule has 1 amide bonds. The highest BCUT2D eigenvalue weighted by molar-refractivity contribution is 7.90. The van der Waals surface area contributed by atoms with Crippen molar-refractivity contribution in [2.75, 3.05) is 25.1 Å². The van der Waals surface area contributed by atoms with Crippen LogP contribution >= 0.6 is 12.4 Å². The Morgan fingerprint density at radius 3 is 2.43 bits per heavy atom. The Morgan fingerprint density at radius 1 is 1.29 bits per heavy atom. The summed E-state index contributed by atoms with van der Waals surface area (Å²) in [5, 5.41) is 0. The molecule has 0 saturated carbocycles. The minimum absolute atomic E-state index is 0. The molecule has 2 atom stereocenters. The van der Waals surface area contributed by atoms with Crippen LogP contribution in [0.1, 0.15) is 39.5 Å². The summed E-state index contributed by atoms with van der Waals surface area (Å²) in [5.74, 6) is 1.18. The predicted octanol–water partition coefficient (Wildman–Crippen LogP) is 1.45. The van der Waals surface area contributed by atoms with Gasteiger partial charge in [-0.2, -0.15) is 0 Å². The summed E-state index contributed by atoms with van der Waals surface area (Å²) in [5.41, 5.74) is 5.85. The van der Waals surface area contributed by atoms with Crippen molar-refractivity contribution in [3.63, 3.8) is 0 Å². The van der Waals surface area contributed by atoms with Gasteiger partial charge in [0.15, 0.2) is 0 Å². The van der Waals surface area contributed by atoms with E-state index in [1.54, 1.807) is 0 Å². The fraction of sp³-hybridized carbons (Fsp3) is 0.929. The van der Waals surface area contributed by atoms with Gasteiger partial charge in [0.25, 0.3) is 0 Å². The molecule has 1 aliphatic heterocycles. The van der Waals surface area contributed by atoms with Crippen LogP contribution in [0.3, 0.4) is 0 Å². The summed E-state index contributed by atoms with van der Waals surface area (Å²) in [6, 6.07) is -0.694. The number of carbonyl (C=O) groups excluding carboxylic acids is 1. The second kappa shape index (κ2) is 8.96. The molecule has 7 heteroatoms. The molecule has 0 radical (unpaired) electrons. The second-order valence-electron chi connectivity index (χ2n) is 6.29. The van der Waals surface area contributed by atoms with Gasteiger partial charge in [-0.25, -0.2) is 8.42 Å². The number of halogens is 1. The van der Waals surface area contributed by atoms with Gasteiger partial charge in [0.05, 0.1) is 11.8 Å². The van der Waals surface area contributed by atoms with E-state index in [4.69, 9.17) is 5.73 Å². The first-order valence-corrected chi connectivity index (χ1v) is 9.49. The van der Waals surface area contributed by atoms with E-state index in [0.717, 1.165) is 32.4 Å². The quantitative estimate of drug-likeness (QED) is 0.821. The molecule has 0 aromatic heterocycles. The molecule has 2 N–H and O–H groups in total. The summed E-state index contributed by atoms with van der Waals surface area (Å²) in [7, 11) is -3.06. The van der Waals surface area contributed by atoms with E-state index in [2.05, 4.69) is 13.8 Å². The summed E-state index contributed by atoms with van der Waals surface area (Å²) in [4.78, 5) is 14.1. The second-order valence-corrected chi connectivity index (χ2v) is 8.55. The highest BCUT2D eigenvalue weighted by Crippen LogP contribution is 2.24. The highest BCUT2D eigenvalue weighted by Gasteiger charge is 2.26. The first-order valence-electron chi connectivity index (χ1n) is 7.43.